The summed E-state index contributed by atoms with van der Waals surface area (Å²) < 4.78 is 3.10. The minimum Gasteiger partial charge on any atom is -0.308 e. The molecular formula is C14H26BrN5S. The van der Waals surface area contributed by atoms with Crippen LogP contribution in [-0.2, 0) is 6.54 Å². The Kier molecular flexibility index (Phi) is 7.01. The van der Waals surface area contributed by atoms with Crippen molar-refractivity contribution in [3.05, 3.63) is 16.4 Å². The summed E-state index contributed by atoms with van der Waals surface area (Å²) in [5.41, 5.74) is 4.13. The van der Waals surface area contributed by atoms with Gasteiger partial charge >= 0.3 is 0 Å². The third kappa shape index (κ3) is 4.96. The first-order chi connectivity index (χ1) is 10.1. The Balaban J connectivity index is 2.00. The van der Waals surface area contributed by atoms with Crippen molar-refractivity contribution in [1.82, 2.24) is 20.1 Å². The number of nitrogens with zero attached hydrogens (tertiary/aromatic N) is 3. The second-order valence-corrected chi connectivity index (χ2v) is 8.05. The molecule has 1 aliphatic carbocycles. The number of halogens is 1. The Morgan fingerprint density at radius 2 is 2.24 bits per heavy atom. The highest BCUT2D eigenvalue weighted by molar-refractivity contribution is 9.10. The van der Waals surface area contributed by atoms with Gasteiger partial charge in [0.15, 0.2) is 0 Å². The highest BCUT2D eigenvalue weighted by Crippen LogP contribution is 2.33. The topological polar surface area (TPSA) is 59.1 Å². The summed E-state index contributed by atoms with van der Waals surface area (Å²) in [4.78, 5) is 2.16. The summed E-state index contributed by atoms with van der Waals surface area (Å²) in [5, 5.41) is 5.28. The number of aromatic nitrogens is 2. The molecule has 0 radical (unpaired) electrons. The van der Waals surface area contributed by atoms with E-state index in [4.69, 9.17) is 5.84 Å². The fourth-order valence-corrected chi connectivity index (χ4v) is 4.64. The summed E-state index contributed by atoms with van der Waals surface area (Å²) in [6.45, 7) is 1.84. The van der Waals surface area contributed by atoms with Crippen molar-refractivity contribution in [1.29, 1.82) is 0 Å². The molecule has 1 atom stereocenters. The second-order valence-electron chi connectivity index (χ2n) is 5.86. The van der Waals surface area contributed by atoms with Crippen LogP contribution in [0.4, 0.5) is 0 Å². The normalized spacial score (nSPS) is 17.8. The summed E-state index contributed by atoms with van der Waals surface area (Å²) >= 11 is 5.66. The maximum Gasteiger partial charge on any atom is 0.0730 e. The third-order valence-electron chi connectivity index (χ3n) is 3.92. The number of hydrazine groups is 1. The van der Waals surface area contributed by atoms with E-state index in [1.54, 1.807) is 0 Å². The zero-order valence-corrected chi connectivity index (χ0v) is 15.3. The first-order valence-electron chi connectivity index (χ1n) is 7.55. The van der Waals surface area contributed by atoms with Gasteiger partial charge in [0, 0.05) is 17.5 Å². The van der Waals surface area contributed by atoms with E-state index >= 15 is 0 Å². The molecule has 2 rings (SSSR count). The largest absolute Gasteiger partial charge is 0.308 e. The van der Waals surface area contributed by atoms with E-state index in [-0.39, 0.29) is 6.04 Å². The Morgan fingerprint density at radius 3 is 2.86 bits per heavy atom. The van der Waals surface area contributed by atoms with Crippen molar-refractivity contribution in [3.8, 4) is 0 Å². The molecule has 1 aromatic rings. The molecule has 7 heteroatoms. The summed E-state index contributed by atoms with van der Waals surface area (Å²) in [6, 6.07) is 0.134. The standard InChI is InChI=1S/C14H26BrN5S/c1-19(2)7-8-20-14(12(15)9-17-20)13(18-16)10-21-11-5-3-4-6-11/h9,11,13,18H,3-8,10,16H2,1-2H3. The molecule has 0 saturated heterocycles. The molecule has 1 aromatic heterocycles. The van der Waals surface area contributed by atoms with E-state index in [1.807, 2.05) is 18.0 Å². The van der Waals surface area contributed by atoms with E-state index in [2.05, 4.69) is 50.1 Å². The van der Waals surface area contributed by atoms with E-state index in [0.717, 1.165) is 34.3 Å². The highest BCUT2D eigenvalue weighted by Gasteiger charge is 2.22. The van der Waals surface area contributed by atoms with Crippen molar-refractivity contribution in [3.63, 3.8) is 0 Å². The molecular weight excluding hydrogens is 350 g/mol. The zero-order chi connectivity index (χ0) is 15.2. The molecule has 1 unspecified atom stereocenters. The fourth-order valence-electron chi connectivity index (χ4n) is 2.68. The van der Waals surface area contributed by atoms with Crippen molar-refractivity contribution >= 4 is 27.7 Å². The number of nitrogens with one attached hydrogen (secondary N) is 1. The minimum atomic E-state index is 0.134. The number of rotatable bonds is 8. The zero-order valence-electron chi connectivity index (χ0n) is 12.9. The molecule has 3 N–H and O–H groups in total. The second kappa shape index (κ2) is 8.53. The summed E-state index contributed by atoms with van der Waals surface area (Å²) in [6.07, 6.45) is 7.33. The minimum absolute atomic E-state index is 0.134. The molecule has 1 heterocycles. The lowest BCUT2D eigenvalue weighted by atomic mass is 10.2. The van der Waals surface area contributed by atoms with Gasteiger partial charge in [-0.05, 0) is 42.9 Å². The average molecular weight is 376 g/mol. The van der Waals surface area contributed by atoms with Crippen LogP contribution in [0.3, 0.4) is 0 Å². The van der Waals surface area contributed by atoms with E-state index in [1.165, 1.54) is 25.7 Å². The maximum atomic E-state index is 5.81. The average Bonchev–Trinajstić information content (AvgIpc) is 3.08. The molecule has 1 saturated carbocycles. The van der Waals surface area contributed by atoms with Crippen molar-refractivity contribution in [2.24, 2.45) is 5.84 Å². The fraction of sp³-hybridized carbons (Fsp3) is 0.786. The molecule has 120 valence electrons. The number of thioether (sulfide) groups is 1. The van der Waals surface area contributed by atoms with Crippen LogP contribution in [-0.4, -0.2) is 46.3 Å². The van der Waals surface area contributed by atoms with Crippen LogP contribution in [0.2, 0.25) is 0 Å². The van der Waals surface area contributed by atoms with Gasteiger partial charge in [0.1, 0.15) is 0 Å². The lowest BCUT2D eigenvalue weighted by Gasteiger charge is -2.21. The number of hydrogen-bond donors (Lipinski definition) is 2. The van der Waals surface area contributed by atoms with Gasteiger partial charge in [-0.1, -0.05) is 12.8 Å². The third-order valence-corrected chi connectivity index (χ3v) is 6.00. The van der Waals surface area contributed by atoms with Gasteiger partial charge < -0.3 is 4.90 Å². The van der Waals surface area contributed by atoms with E-state index in [9.17, 15) is 0 Å². The van der Waals surface area contributed by atoms with Crippen molar-refractivity contribution < 1.29 is 0 Å². The van der Waals surface area contributed by atoms with Crippen molar-refractivity contribution in [2.45, 2.75) is 43.5 Å². The van der Waals surface area contributed by atoms with Gasteiger partial charge in [-0.3, -0.25) is 16.0 Å². The highest BCUT2D eigenvalue weighted by atomic mass is 79.9. The van der Waals surface area contributed by atoms with Gasteiger partial charge in [0.25, 0.3) is 0 Å². The first-order valence-corrected chi connectivity index (χ1v) is 9.39. The summed E-state index contributed by atoms with van der Waals surface area (Å²) in [5.74, 6) is 6.80. The predicted octanol–water partition coefficient (Wildman–Crippen LogP) is 2.39. The van der Waals surface area contributed by atoms with Gasteiger partial charge in [0.05, 0.1) is 29.0 Å². The Labute approximate surface area is 140 Å². The van der Waals surface area contributed by atoms with Crippen molar-refractivity contribution in [2.75, 3.05) is 26.4 Å². The monoisotopic (exact) mass is 375 g/mol. The van der Waals surface area contributed by atoms with Crippen LogP contribution in [0, 0.1) is 0 Å². The molecule has 1 fully saturated rings. The first kappa shape index (κ1) is 17.3. The van der Waals surface area contributed by atoms with Gasteiger partial charge in [0.2, 0.25) is 0 Å². The molecule has 1 aliphatic rings. The van der Waals surface area contributed by atoms with Crippen LogP contribution in [0.5, 0.6) is 0 Å². The maximum absolute atomic E-state index is 5.81. The van der Waals surface area contributed by atoms with Gasteiger partial charge in [-0.25, -0.2) is 0 Å². The van der Waals surface area contributed by atoms with Crippen LogP contribution >= 0.6 is 27.7 Å². The quantitative estimate of drug-likeness (QED) is 0.539. The molecule has 0 bridgehead atoms. The molecule has 21 heavy (non-hydrogen) atoms. The Hall–Kier alpha value is -0.0800. The lowest BCUT2D eigenvalue weighted by molar-refractivity contribution is 0.364. The molecule has 0 spiro atoms. The Bertz CT molecular complexity index is 431. The van der Waals surface area contributed by atoms with Crippen LogP contribution in [0.25, 0.3) is 0 Å². The van der Waals surface area contributed by atoms with Gasteiger partial charge in [-0.15, -0.1) is 0 Å². The SMILES string of the molecule is CN(C)CCn1ncc(Br)c1C(CSC1CCCC1)NN. The summed E-state index contributed by atoms with van der Waals surface area (Å²) in [7, 11) is 4.15. The molecule has 0 amide bonds. The number of hydrogen-bond acceptors (Lipinski definition) is 5. The molecule has 0 aromatic carbocycles. The number of likely N-dealkylation sites (N-methyl/N-ethyl adjacent to an activating group) is 1. The van der Waals surface area contributed by atoms with Crippen LogP contribution < -0.4 is 11.3 Å². The number of nitrogens with two attached hydrogens (primary N) is 1. The van der Waals surface area contributed by atoms with Gasteiger partial charge in [-0.2, -0.15) is 16.9 Å². The molecule has 0 aliphatic heterocycles. The smallest absolute Gasteiger partial charge is 0.0730 e. The predicted molar refractivity (Wildman–Crippen MR) is 93.3 cm³/mol. The van der Waals surface area contributed by atoms with E-state index < -0.39 is 0 Å². The van der Waals surface area contributed by atoms with Crippen LogP contribution in [0.15, 0.2) is 10.7 Å². The van der Waals surface area contributed by atoms with E-state index in [0.29, 0.717) is 0 Å². The Morgan fingerprint density at radius 1 is 1.52 bits per heavy atom. The lowest BCUT2D eigenvalue weighted by Crippen LogP contribution is -2.33. The van der Waals surface area contributed by atoms with Crippen LogP contribution in [0.1, 0.15) is 37.4 Å². The molecule has 5 nitrogen and oxygen atoms in total.